The van der Waals surface area contributed by atoms with E-state index in [2.05, 4.69) is 10.5 Å². The van der Waals surface area contributed by atoms with Crippen LogP contribution in [0.5, 0.6) is 0 Å². The second-order valence-electron chi connectivity index (χ2n) is 3.84. The van der Waals surface area contributed by atoms with E-state index < -0.39 is 11.7 Å². The van der Waals surface area contributed by atoms with Crippen LogP contribution in [-0.4, -0.2) is 16.1 Å². The highest BCUT2D eigenvalue weighted by Crippen LogP contribution is 2.17. The van der Waals surface area contributed by atoms with Gasteiger partial charge in [-0.2, -0.15) is 0 Å². The van der Waals surface area contributed by atoms with Gasteiger partial charge in [0.25, 0.3) is 5.91 Å². The zero-order valence-corrected chi connectivity index (χ0v) is 10.8. The van der Waals surface area contributed by atoms with Gasteiger partial charge >= 0.3 is 0 Å². The van der Waals surface area contributed by atoms with Crippen molar-refractivity contribution in [3.05, 3.63) is 47.1 Å². The first kappa shape index (κ1) is 13.2. The molecule has 98 valence electrons. The van der Waals surface area contributed by atoms with E-state index in [0.717, 1.165) is 6.07 Å². The number of anilines is 1. The molecule has 0 atom stereocenters. The minimum absolute atomic E-state index is 0.0191. The summed E-state index contributed by atoms with van der Waals surface area (Å²) >= 11 is 4.73. The number of hydrogen-bond donors (Lipinski definition) is 2. The molecule has 1 aromatic carbocycles. The summed E-state index contributed by atoms with van der Waals surface area (Å²) in [7, 11) is 0. The highest BCUT2D eigenvalue weighted by molar-refractivity contribution is 7.80. The Kier molecular flexibility index (Phi) is 3.57. The van der Waals surface area contributed by atoms with Crippen LogP contribution in [0.2, 0.25) is 0 Å². The lowest BCUT2D eigenvalue weighted by atomic mass is 10.2. The predicted molar refractivity (Wildman–Crippen MR) is 71.5 cm³/mol. The molecular weight excluding hydrogens is 269 g/mol. The number of aromatic nitrogens is 1. The summed E-state index contributed by atoms with van der Waals surface area (Å²) in [6.45, 7) is 1.65. The van der Waals surface area contributed by atoms with Gasteiger partial charge in [0.2, 0.25) is 0 Å². The van der Waals surface area contributed by atoms with Crippen LogP contribution < -0.4 is 11.1 Å². The van der Waals surface area contributed by atoms with Crippen molar-refractivity contribution in [1.29, 1.82) is 0 Å². The smallest absolute Gasteiger partial charge is 0.277 e. The molecule has 0 radical (unpaired) electrons. The monoisotopic (exact) mass is 279 g/mol. The standard InChI is InChI=1S/C12H10FN3O2S/c1-6-4-10(16-18-6)12(17)15-9-3-2-7(11(14)19)5-8(9)13/h2-5H,1H3,(H2,14,19)(H,15,17). The average molecular weight is 279 g/mol. The maximum absolute atomic E-state index is 13.7. The molecule has 0 saturated heterocycles. The van der Waals surface area contributed by atoms with Crippen molar-refractivity contribution in [2.45, 2.75) is 6.92 Å². The van der Waals surface area contributed by atoms with Gasteiger partial charge in [0.05, 0.1) is 5.69 Å². The molecule has 0 saturated carbocycles. The number of nitrogens with one attached hydrogen (secondary N) is 1. The molecule has 3 N–H and O–H groups in total. The number of hydrogen-bond acceptors (Lipinski definition) is 4. The Hall–Kier alpha value is -2.28. The van der Waals surface area contributed by atoms with Gasteiger partial charge in [0.1, 0.15) is 16.6 Å². The molecule has 1 heterocycles. The Morgan fingerprint density at radius 2 is 2.21 bits per heavy atom. The largest absolute Gasteiger partial charge is 0.389 e. The molecule has 0 aliphatic heterocycles. The maximum Gasteiger partial charge on any atom is 0.277 e. The number of halogens is 1. The quantitative estimate of drug-likeness (QED) is 0.840. The second-order valence-corrected chi connectivity index (χ2v) is 4.28. The second kappa shape index (κ2) is 5.15. The van der Waals surface area contributed by atoms with Crippen LogP contribution in [0.25, 0.3) is 0 Å². The normalized spacial score (nSPS) is 10.2. The van der Waals surface area contributed by atoms with Crippen molar-refractivity contribution in [1.82, 2.24) is 5.16 Å². The molecule has 0 fully saturated rings. The fourth-order valence-electron chi connectivity index (χ4n) is 1.43. The number of amides is 1. The van der Waals surface area contributed by atoms with Crippen molar-refractivity contribution in [2.24, 2.45) is 5.73 Å². The molecular formula is C12H10FN3O2S. The number of carbonyl (C=O) groups excluding carboxylic acids is 1. The van der Waals surface area contributed by atoms with Crippen LogP contribution in [0, 0.1) is 12.7 Å². The number of rotatable bonds is 3. The number of thiocarbonyl (C=S) groups is 1. The van der Waals surface area contributed by atoms with Gasteiger partial charge in [-0.25, -0.2) is 4.39 Å². The van der Waals surface area contributed by atoms with E-state index in [1.54, 1.807) is 6.92 Å². The lowest BCUT2D eigenvalue weighted by Gasteiger charge is -2.06. The van der Waals surface area contributed by atoms with Gasteiger partial charge in [0.15, 0.2) is 5.69 Å². The molecule has 7 heteroatoms. The van der Waals surface area contributed by atoms with E-state index in [1.165, 1.54) is 18.2 Å². The molecule has 5 nitrogen and oxygen atoms in total. The average Bonchev–Trinajstić information content (AvgIpc) is 2.78. The van der Waals surface area contributed by atoms with E-state index in [4.69, 9.17) is 22.5 Å². The molecule has 2 rings (SSSR count). The highest BCUT2D eigenvalue weighted by atomic mass is 32.1. The molecule has 0 spiro atoms. The predicted octanol–water partition coefficient (Wildman–Crippen LogP) is 2.01. The van der Waals surface area contributed by atoms with E-state index >= 15 is 0 Å². The van der Waals surface area contributed by atoms with Gasteiger partial charge in [0, 0.05) is 11.6 Å². The molecule has 0 bridgehead atoms. The summed E-state index contributed by atoms with van der Waals surface area (Å²) in [5.74, 6) is -0.688. The topological polar surface area (TPSA) is 81.2 Å². The summed E-state index contributed by atoms with van der Waals surface area (Å²) in [6, 6.07) is 5.52. The van der Waals surface area contributed by atoms with Gasteiger partial charge in [-0.05, 0) is 25.1 Å². The number of benzene rings is 1. The van der Waals surface area contributed by atoms with Crippen LogP contribution in [0.1, 0.15) is 21.8 Å². The molecule has 19 heavy (non-hydrogen) atoms. The Morgan fingerprint density at radius 1 is 1.47 bits per heavy atom. The van der Waals surface area contributed by atoms with Crippen molar-refractivity contribution in [2.75, 3.05) is 5.32 Å². The minimum atomic E-state index is -0.626. The van der Waals surface area contributed by atoms with Crippen molar-refractivity contribution >= 4 is 28.8 Å². The molecule has 1 amide bonds. The molecule has 0 aliphatic rings. The summed E-state index contributed by atoms with van der Waals surface area (Å²) in [5, 5.41) is 5.92. The zero-order valence-electron chi connectivity index (χ0n) is 9.94. The van der Waals surface area contributed by atoms with Crippen LogP contribution in [0.3, 0.4) is 0 Å². The first-order chi connectivity index (χ1) is 8.97. The Labute approximate surface area is 113 Å². The molecule has 2 aromatic rings. The first-order valence-corrected chi connectivity index (χ1v) is 5.72. The SMILES string of the molecule is Cc1cc(C(=O)Nc2ccc(C(N)=S)cc2F)no1. The number of nitrogens with zero attached hydrogens (tertiary/aromatic N) is 1. The third kappa shape index (κ3) is 2.94. The number of aryl methyl sites for hydroxylation is 1. The van der Waals surface area contributed by atoms with Crippen LogP contribution in [0.4, 0.5) is 10.1 Å². The third-order valence-electron chi connectivity index (χ3n) is 2.36. The molecule has 1 aromatic heterocycles. The molecule has 0 unspecified atom stereocenters. The number of carbonyl (C=O) groups is 1. The van der Waals surface area contributed by atoms with Crippen LogP contribution in [0.15, 0.2) is 28.8 Å². The van der Waals surface area contributed by atoms with Gasteiger partial charge in [-0.1, -0.05) is 17.4 Å². The van der Waals surface area contributed by atoms with Gasteiger partial charge in [-0.3, -0.25) is 4.79 Å². The van der Waals surface area contributed by atoms with Crippen molar-refractivity contribution in [3.8, 4) is 0 Å². The van der Waals surface area contributed by atoms with E-state index in [-0.39, 0.29) is 16.4 Å². The minimum Gasteiger partial charge on any atom is -0.389 e. The zero-order chi connectivity index (χ0) is 14.0. The highest BCUT2D eigenvalue weighted by Gasteiger charge is 2.13. The molecule has 0 aliphatic carbocycles. The fourth-order valence-corrected chi connectivity index (χ4v) is 1.56. The van der Waals surface area contributed by atoms with Crippen molar-refractivity contribution < 1.29 is 13.7 Å². The summed E-state index contributed by atoms with van der Waals surface area (Å²) < 4.78 is 18.5. The van der Waals surface area contributed by atoms with Crippen molar-refractivity contribution in [3.63, 3.8) is 0 Å². The first-order valence-electron chi connectivity index (χ1n) is 5.31. The van der Waals surface area contributed by atoms with E-state index in [1.807, 2.05) is 0 Å². The lowest BCUT2D eigenvalue weighted by Crippen LogP contribution is -2.14. The Balaban J connectivity index is 2.20. The van der Waals surface area contributed by atoms with E-state index in [0.29, 0.717) is 11.3 Å². The summed E-state index contributed by atoms with van der Waals surface area (Å²) in [6.07, 6.45) is 0. The Bertz CT molecular complexity index is 654. The van der Waals surface area contributed by atoms with E-state index in [9.17, 15) is 9.18 Å². The Morgan fingerprint density at radius 3 is 2.74 bits per heavy atom. The number of nitrogens with two attached hydrogens (primary N) is 1. The third-order valence-corrected chi connectivity index (χ3v) is 2.60. The summed E-state index contributed by atoms with van der Waals surface area (Å²) in [4.78, 5) is 11.8. The van der Waals surface area contributed by atoms with Crippen LogP contribution in [-0.2, 0) is 0 Å². The summed E-state index contributed by atoms with van der Waals surface area (Å²) in [5.41, 5.74) is 5.87. The van der Waals surface area contributed by atoms with Gasteiger partial charge < -0.3 is 15.6 Å². The fraction of sp³-hybridized carbons (Fsp3) is 0.0833. The maximum atomic E-state index is 13.7. The van der Waals surface area contributed by atoms with Gasteiger partial charge in [-0.15, -0.1) is 0 Å². The lowest BCUT2D eigenvalue weighted by molar-refractivity contribution is 0.101. The van der Waals surface area contributed by atoms with Crippen LogP contribution >= 0.6 is 12.2 Å².